The molecule has 0 nitrogen and oxygen atoms in total. The van der Waals surface area contributed by atoms with Gasteiger partial charge in [-0.15, -0.1) is 0 Å². The Morgan fingerprint density at radius 1 is 1.09 bits per heavy atom. The summed E-state index contributed by atoms with van der Waals surface area (Å²) >= 11 is 0. The molecule has 1 aliphatic carbocycles. The van der Waals surface area contributed by atoms with Crippen molar-refractivity contribution < 1.29 is 0 Å². The average molecular weight is 154 g/mol. The quantitative estimate of drug-likeness (QED) is 0.497. The molecular weight excluding hydrogens is 132 g/mol. The van der Waals surface area contributed by atoms with Gasteiger partial charge < -0.3 is 0 Å². The van der Waals surface area contributed by atoms with Crippen molar-refractivity contribution in [2.75, 3.05) is 0 Å². The van der Waals surface area contributed by atoms with Gasteiger partial charge in [-0.1, -0.05) is 40.5 Å². The molecule has 0 heteroatoms. The van der Waals surface area contributed by atoms with Crippen LogP contribution in [0.5, 0.6) is 0 Å². The van der Waals surface area contributed by atoms with E-state index in [2.05, 4.69) is 27.7 Å². The van der Waals surface area contributed by atoms with Gasteiger partial charge >= 0.3 is 0 Å². The fourth-order valence-corrected chi connectivity index (χ4v) is 2.22. The number of hydrogen-bond donors (Lipinski definition) is 0. The van der Waals surface area contributed by atoms with Gasteiger partial charge in [-0.2, -0.15) is 0 Å². The highest BCUT2D eigenvalue weighted by Gasteiger charge is 2.28. The Labute approximate surface area is 71.4 Å². The second-order valence-electron chi connectivity index (χ2n) is 5.33. The van der Waals surface area contributed by atoms with Crippen LogP contribution in [0.1, 0.15) is 53.4 Å². The van der Waals surface area contributed by atoms with Gasteiger partial charge in [0.25, 0.3) is 0 Å². The second kappa shape index (κ2) is 3.16. The minimum atomic E-state index is 0.550. The third kappa shape index (κ3) is 2.50. The molecule has 0 saturated heterocycles. The predicted molar refractivity (Wildman–Crippen MR) is 50.6 cm³/mol. The van der Waals surface area contributed by atoms with E-state index >= 15 is 0 Å². The molecule has 2 atom stereocenters. The number of rotatable bonds is 0. The van der Waals surface area contributed by atoms with Gasteiger partial charge in [0.1, 0.15) is 0 Å². The van der Waals surface area contributed by atoms with Crippen LogP contribution in [0.15, 0.2) is 0 Å². The van der Waals surface area contributed by atoms with E-state index in [1.54, 1.807) is 0 Å². The first-order valence-corrected chi connectivity index (χ1v) is 5.00. The van der Waals surface area contributed by atoms with Crippen LogP contribution >= 0.6 is 0 Å². The molecule has 0 aromatic carbocycles. The largest absolute Gasteiger partial charge is 0.0625 e. The summed E-state index contributed by atoms with van der Waals surface area (Å²) < 4.78 is 0. The van der Waals surface area contributed by atoms with E-state index in [1.165, 1.54) is 25.7 Å². The first-order chi connectivity index (χ1) is 5.00. The minimum absolute atomic E-state index is 0.550. The normalized spacial score (nSPS) is 33.8. The molecule has 0 heterocycles. The van der Waals surface area contributed by atoms with E-state index in [0.29, 0.717) is 5.41 Å². The molecule has 0 spiro atoms. The van der Waals surface area contributed by atoms with Crippen LogP contribution in [0.25, 0.3) is 0 Å². The zero-order chi connectivity index (χ0) is 8.48. The molecule has 0 amide bonds. The lowest BCUT2D eigenvalue weighted by Crippen LogP contribution is -2.25. The predicted octanol–water partition coefficient (Wildman–Crippen LogP) is 3.86. The van der Waals surface area contributed by atoms with Crippen molar-refractivity contribution in [2.24, 2.45) is 17.3 Å². The zero-order valence-corrected chi connectivity index (χ0v) is 8.48. The lowest BCUT2D eigenvalue weighted by atomic mass is 9.69. The van der Waals surface area contributed by atoms with E-state index in [-0.39, 0.29) is 0 Å². The smallest absolute Gasteiger partial charge is 0.0354 e. The van der Waals surface area contributed by atoms with Crippen molar-refractivity contribution in [3.8, 4) is 0 Å². The highest BCUT2D eigenvalue weighted by atomic mass is 14.3. The maximum absolute atomic E-state index is 2.40. The molecule has 0 radical (unpaired) electrons. The highest BCUT2D eigenvalue weighted by Crippen LogP contribution is 2.39. The molecule has 1 fully saturated rings. The highest BCUT2D eigenvalue weighted by molar-refractivity contribution is 4.79. The molecule has 11 heavy (non-hydrogen) atoms. The monoisotopic (exact) mass is 154 g/mol. The fraction of sp³-hybridized carbons (Fsp3) is 1.00. The van der Waals surface area contributed by atoms with Gasteiger partial charge in [0, 0.05) is 0 Å². The Hall–Kier alpha value is 0. The van der Waals surface area contributed by atoms with Crippen molar-refractivity contribution in [3.63, 3.8) is 0 Å². The summed E-state index contributed by atoms with van der Waals surface area (Å²) in [6, 6.07) is 0. The minimum Gasteiger partial charge on any atom is -0.0625 e. The Balaban J connectivity index is 2.46. The molecule has 0 aromatic heterocycles. The maximum Gasteiger partial charge on any atom is -0.0354 e. The van der Waals surface area contributed by atoms with Crippen LogP contribution in [0.4, 0.5) is 0 Å². The Morgan fingerprint density at radius 3 is 2.09 bits per heavy atom. The first kappa shape index (κ1) is 9.09. The van der Waals surface area contributed by atoms with Crippen molar-refractivity contribution in [1.82, 2.24) is 0 Å². The van der Waals surface area contributed by atoms with Crippen LogP contribution in [-0.2, 0) is 0 Å². The fourth-order valence-electron chi connectivity index (χ4n) is 2.22. The lowest BCUT2D eigenvalue weighted by Gasteiger charge is -2.36. The van der Waals surface area contributed by atoms with Crippen LogP contribution in [0.2, 0.25) is 0 Å². The van der Waals surface area contributed by atoms with Crippen molar-refractivity contribution >= 4 is 0 Å². The molecule has 0 bridgehead atoms. The summed E-state index contributed by atoms with van der Waals surface area (Å²) in [5.41, 5.74) is 0.550. The Kier molecular flexibility index (Phi) is 2.61. The zero-order valence-electron chi connectivity index (χ0n) is 8.48. The standard InChI is InChI=1S/C11H22/c1-9-6-5-7-10(8-9)11(2,3)4/h9-10H,5-8H2,1-4H3/t9-,10-/m1/s1. The lowest BCUT2D eigenvalue weighted by molar-refractivity contribution is 0.148. The van der Waals surface area contributed by atoms with E-state index in [9.17, 15) is 0 Å². The molecule has 0 aliphatic heterocycles. The molecule has 1 rings (SSSR count). The summed E-state index contributed by atoms with van der Waals surface area (Å²) in [5.74, 6) is 1.96. The molecule has 66 valence electrons. The summed E-state index contributed by atoms with van der Waals surface area (Å²) in [7, 11) is 0. The van der Waals surface area contributed by atoms with Gasteiger partial charge in [0.15, 0.2) is 0 Å². The third-order valence-corrected chi connectivity index (χ3v) is 3.16. The molecule has 0 aromatic rings. The van der Waals surface area contributed by atoms with Crippen LogP contribution in [-0.4, -0.2) is 0 Å². The summed E-state index contributed by atoms with van der Waals surface area (Å²) in [6.45, 7) is 9.55. The van der Waals surface area contributed by atoms with Gasteiger partial charge in [0.2, 0.25) is 0 Å². The SMILES string of the molecule is C[C@@H]1CCC[C@@H](C(C)(C)C)C1. The summed E-state index contributed by atoms with van der Waals surface area (Å²) in [4.78, 5) is 0. The van der Waals surface area contributed by atoms with E-state index in [1.807, 2.05) is 0 Å². The van der Waals surface area contributed by atoms with Crippen LogP contribution < -0.4 is 0 Å². The Bertz CT molecular complexity index is 118. The maximum atomic E-state index is 2.40. The van der Waals surface area contributed by atoms with Crippen molar-refractivity contribution in [2.45, 2.75) is 53.4 Å². The van der Waals surface area contributed by atoms with Gasteiger partial charge in [-0.05, 0) is 30.1 Å². The Morgan fingerprint density at radius 2 is 1.73 bits per heavy atom. The van der Waals surface area contributed by atoms with Gasteiger partial charge in [0.05, 0.1) is 0 Å². The third-order valence-electron chi connectivity index (χ3n) is 3.16. The van der Waals surface area contributed by atoms with Crippen LogP contribution in [0, 0.1) is 17.3 Å². The molecule has 1 saturated carbocycles. The molecule has 1 aliphatic rings. The summed E-state index contributed by atoms with van der Waals surface area (Å²) in [6.07, 6.45) is 5.85. The van der Waals surface area contributed by atoms with Gasteiger partial charge in [-0.3, -0.25) is 0 Å². The van der Waals surface area contributed by atoms with Gasteiger partial charge in [-0.25, -0.2) is 0 Å². The first-order valence-electron chi connectivity index (χ1n) is 5.00. The van der Waals surface area contributed by atoms with E-state index < -0.39 is 0 Å². The van der Waals surface area contributed by atoms with E-state index in [4.69, 9.17) is 0 Å². The van der Waals surface area contributed by atoms with Crippen molar-refractivity contribution in [3.05, 3.63) is 0 Å². The second-order valence-corrected chi connectivity index (χ2v) is 5.33. The molecular formula is C11H22. The van der Waals surface area contributed by atoms with E-state index in [0.717, 1.165) is 11.8 Å². The molecule has 0 N–H and O–H groups in total. The number of hydrogen-bond acceptors (Lipinski definition) is 0. The molecule has 0 unspecified atom stereocenters. The van der Waals surface area contributed by atoms with Crippen molar-refractivity contribution in [1.29, 1.82) is 0 Å². The topological polar surface area (TPSA) is 0 Å². The summed E-state index contributed by atoms with van der Waals surface area (Å²) in [5, 5.41) is 0. The van der Waals surface area contributed by atoms with Crippen LogP contribution in [0.3, 0.4) is 0 Å². The average Bonchev–Trinajstić information content (AvgIpc) is 1.86.